The Hall–Kier alpha value is -8.72. The van der Waals surface area contributed by atoms with Crippen molar-refractivity contribution >= 4 is 82.0 Å². The second-order valence-electron chi connectivity index (χ2n) is 17.2. The van der Waals surface area contributed by atoms with Crippen molar-refractivity contribution in [2.24, 2.45) is 0 Å². The lowest BCUT2D eigenvalue weighted by Crippen LogP contribution is -2.12. The highest BCUT2D eigenvalue weighted by Crippen LogP contribution is 2.48. The highest BCUT2D eigenvalue weighted by atomic mass is 15.2. The minimum absolute atomic E-state index is 1.08. The van der Waals surface area contributed by atoms with Gasteiger partial charge in [-0.05, 0) is 131 Å². The van der Waals surface area contributed by atoms with Gasteiger partial charge in [0.2, 0.25) is 0 Å². The molecule has 0 N–H and O–H groups in total. The molecule has 0 radical (unpaired) electrons. The van der Waals surface area contributed by atoms with E-state index in [9.17, 15) is 0 Å². The molecule has 308 valence electrons. The van der Waals surface area contributed by atoms with Gasteiger partial charge >= 0.3 is 0 Å². The Balaban J connectivity index is 1.07. The van der Waals surface area contributed by atoms with E-state index in [1.807, 2.05) is 0 Å². The molecule has 0 fully saturated rings. The first kappa shape index (κ1) is 37.8. The predicted octanol–water partition coefficient (Wildman–Crippen LogP) is 17.9. The normalized spacial score (nSPS) is 11.6. The smallest absolute Gasteiger partial charge is 0.0782 e. The molecule has 0 atom stereocenters. The molecule has 0 saturated heterocycles. The van der Waals surface area contributed by atoms with Crippen LogP contribution in [0.3, 0.4) is 0 Å². The number of para-hydroxylation sites is 3. The van der Waals surface area contributed by atoms with Crippen LogP contribution in [0.1, 0.15) is 0 Å². The molecule has 13 aromatic rings. The molecule has 2 nitrogen and oxygen atoms in total. The molecule has 12 aromatic carbocycles. The van der Waals surface area contributed by atoms with Gasteiger partial charge in [-0.2, -0.15) is 0 Å². The van der Waals surface area contributed by atoms with E-state index in [-0.39, 0.29) is 0 Å². The molecule has 1 heterocycles. The topological polar surface area (TPSA) is 8.17 Å². The average molecular weight is 839 g/mol. The Bertz CT molecular complexity index is 3980. The maximum atomic E-state index is 2.47. The van der Waals surface area contributed by atoms with Crippen molar-refractivity contribution in [3.05, 3.63) is 255 Å². The maximum absolute atomic E-state index is 2.47. The van der Waals surface area contributed by atoms with Crippen LogP contribution in [0.4, 0.5) is 17.1 Å². The monoisotopic (exact) mass is 838 g/mol. The van der Waals surface area contributed by atoms with Crippen molar-refractivity contribution in [1.29, 1.82) is 0 Å². The second kappa shape index (κ2) is 15.5. The molecule has 0 amide bonds. The van der Waals surface area contributed by atoms with Gasteiger partial charge in [-0.25, -0.2) is 0 Å². The summed E-state index contributed by atoms with van der Waals surface area (Å²) in [6.07, 6.45) is 0. The third kappa shape index (κ3) is 6.11. The third-order valence-electron chi connectivity index (χ3n) is 13.5. The van der Waals surface area contributed by atoms with Crippen molar-refractivity contribution in [2.45, 2.75) is 0 Å². The zero-order valence-electron chi connectivity index (χ0n) is 36.1. The van der Waals surface area contributed by atoms with Crippen LogP contribution in [-0.4, -0.2) is 4.57 Å². The van der Waals surface area contributed by atoms with Gasteiger partial charge in [-0.1, -0.05) is 200 Å². The van der Waals surface area contributed by atoms with E-state index in [1.54, 1.807) is 0 Å². The van der Waals surface area contributed by atoms with Gasteiger partial charge < -0.3 is 9.47 Å². The van der Waals surface area contributed by atoms with E-state index in [0.29, 0.717) is 0 Å². The van der Waals surface area contributed by atoms with Crippen molar-refractivity contribution in [3.8, 4) is 39.1 Å². The molecule has 0 spiro atoms. The van der Waals surface area contributed by atoms with Crippen LogP contribution in [-0.2, 0) is 0 Å². The minimum atomic E-state index is 1.08. The Labute approximate surface area is 383 Å². The first-order valence-corrected chi connectivity index (χ1v) is 22.8. The number of hydrogen-bond donors (Lipinski definition) is 0. The molecular formula is C64H42N2. The highest BCUT2D eigenvalue weighted by Gasteiger charge is 2.23. The van der Waals surface area contributed by atoms with E-state index in [2.05, 4.69) is 264 Å². The van der Waals surface area contributed by atoms with Gasteiger partial charge in [-0.3, -0.25) is 0 Å². The van der Waals surface area contributed by atoms with Crippen molar-refractivity contribution in [2.75, 3.05) is 4.90 Å². The SMILES string of the molecule is c1ccc(-c2c(-c3ccccc3)c3cc(-c4cccc(N(c5ccc6c(ccc7ccccc76)c5)c5cccc6c7ccccc7n(-c7ccccc7)c56)c4)ccc3c3ccccc23)cc1. The van der Waals surface area contributed by atoms with Gasteiger partial charge in [0.25, 0.3) is 0 Å². The Kier molecular flexibility index (Phi) is 8.89. The van der Waals surface area contributed by atoms with E-state index in [1.165, 1.54) is 81.6 Å². The molecule has 0 saturated carbocycles. The molecule has 66 heavy (non-hydrogen) atoms. The predicted molar refractivity (Wildman–Crippen MR) is 282 cm³/mol. The standard InChI is InChI=1S/C64H42N2/c1-4-19-44(20-5-1)62-57-30-13-12-28-54(57)55-38-36-47(42-59(55)63(62)45-21-6-2-7-22-45)46-23-16-26-50(40-46)65(51-37-39-53-48(41-51)35-34-43-18-10-11-27-52(43)53)61-33-17-31-58-56-29-14-15-32-60(56)66(64(58)61)49-24-8-3-9-25-49/h1-42H. The van der Waals surface area contributed by atoms with Crippen LogP contribution in [0, 0.1) is 0 Å². The third-order valence-corrected chi connectivity index (χ3v) is 13.5. The fraction of sp³-hybridized carbons (Fsp3) is 0. The summed E-state index contributed by atoms with van der Waals surface area (Å²) >= 11 is 0. The number of nitrogens with zero attached hydrogens (tertiary/aromatic N) is 2. The van der Waals surface area contributed by atoms with Gasteiger partial charge in [0.05, 0.1) is 16.7 Å². The van der Waals surface area contributed by atoms with Crippen LogP contribution in [0.15, 0.2) is 255 Å². The fourth-order valence-corrected chi connectivity index (χ4v) is 10.6. The quantitative estimate of drug-likeness (QED) is 0.145. The van der Waals surface area contributed by atoms with Crippen molar-refractivity contribution in [3.63, 3.8) is 0 Å². The molecule has 2 heteroatoms. The van der Waals surface area contributed by atoms with E-state index < -0.39 is 0 Å². The highest BCUT2D eigenvalue weighted by molar-refractivity contribution is 6.22. The lowest BCUT2D eigenvalue weighted by atomic mass is 9.84. The molecule has 1 aromatic heterocycles. The van der Waals surface area contributed by atoms with Crippen LogP contribution < -0.4 is 4.90 Å². The Morgan fingerprint density at radius 3 is 1.59 bits per heavy atom. The number of rotatable bonds is 7. The molecular weight excluding hydrogens is 797 g/mol. The Morgan fingerprint density at radius 1 is 0.273 bits per heavy atom. The number of benzene rings is 12. The van der Waals surface area contributed by atoms with E-state index in [4.69, 9.17) is 0 Å². The summed E-state index contributed by atoms with van der Waals surface area (Å²) in [4.78, 5) is 2.47. The summed E-state index contributed by atoms with van der Waals surface area (Å²) in [5.74, 6) is 0. The zero-order chi connectivity index (χ0) is 43.6. The zero-order valence-corrected chi connectivity index (χ0v) is 36.1. The van der Waals surface area contributed by atoms with Crippen LogP contribution in [0.2, 0.25) is 0 Å². The minimum Gasteiger partial charge on any atom is -0.308 e. The number of hydrogen-bond acceptors (Lipinski definition) is 1. The van der Waals surface area contributed by atoms with Gasteiger partial charge in [0.15, 0.2) is 0 Å². The molecule has 0 aliphatic heterocycles. The largest absolute Gasteiger partial charge is 0.308 e. The summed E-state index contributed by atoms with van der Waals surface area (Å²) in [7, 11) is 0. The second-order valence-corrected chi connectivity index (χ2v) is 17.2. The maximum Gasteiger partial charge on any atom is 0.0782 e. The first-order chi connectivity index (χ1) is 32.8. The van der Waals surface area contributed by atoms with Crippen molar-refractivity contribution in [1.82, 2.24) is 4.57 Å². The van der Waals surface area contributed by atoms with Crippen LogP contribution in [0.25, 0.3) is 104 Å². The van der Waals surface area contributed by atoms with Crippen LogP contribution >= 0.6 is 0 Å². The summed E-state index contributed by atoms with van der Waals surface area (Å²) in [5, 5.41) is 12.4. The number of fused-ring (bicyclic) bond motifs is 9. The van der Waals surface area contributed by atoms with Crippen LogP contribution in [0.5, 0.6) is 0 Å². The summed E-state index contributed by atoms with van der Waals surface area (Å²) in [6, 6.07) is 93.4. The molecule has 0 aliphatic carbocycles. The summed E-state index contributed by atoms with van der Waals surface area (Å²) < 4.78 is 2.44. The lowest BCUT2D eigenvalue weighted by molar-refractivity contribution is 1.17. The number of aromatic nitrogens is 1. The molecule has 0 bridgehead atoms. The first-order valence-electron chi connectivity index (χ1n) is 22.8. The molecule has 0 unspecified atom stereocenters. The number of anilines is 3. The fourth-order valence-electron chi connectivity index (χ4n) is 10.6. The molecule has 0 aliphatic rings. The van der Waals surface area contributed by atoms with E-state index in [0.717, 1.165) is 39.4 Å². The van der Waals surface area contributed by atoms with Gasteiger partial charge in [-0.15, -0.1) is 0 Å². The van der Waals surface area contributed by atoms with Crippen molar-refractivity contribution < 1.29 is 0 Å². The van der Waals surface area contributed by atoms with E-state index >= 15 is 0 Å². The van der Waals surface area contributed by atoms with Gasteiger partial charge in [0.1, 0.15) is 0 Å². The lowest BCUT2D eigenvalue weighted by Gasteiger charge is -2.28. The van der Waals surface area contributed by atoms with Gasteiger partial charge in [0, 0.05) is 27.8 Å². The molecule has 13 rings (SSSR count). The average Bonchev–Trinajstić information content (AvgIpc) is 3.74. The summed E-state index contributed by atoms with van der Waals surface area (Å²) in [6.45, 7) is 0. The summed E-state index contributed by atoms with van der Waals surface area (Å²) in [5.41, 5.74) is 14.0. The Morgan fingerprint density at radius 2 is 0.803 bits per heavy atom.